The van der Waals surface area contributed by atoms with Crippen molar-refractivity contribution in [3.8, 4) is 0 Å². The van der Waals surface area contributed by atoms with Crippen LogP contribution in [0.5, 0.6) is 0 Å². The molecule has 0 aliphatic heterocycles. The zero-order valence-electron chi connectivity index (χ0n) is 10.7. The van der Waals surface area contributed by atoms with E-state index in [9.17, 15) is 14.5 Å². The Kier molecular flexibility index (Phi) is 4.20. The average Bonchev–Trinajstić information content (AvgIpc) is 2.39. The van der Waals surface area contributed by atoms with Crippen LogP contribution >= 0.6 is 11.6 Å². The van der Waals surface area contributed by atoms with Gasteiger partial charge in [-0.25, -0.2) is 4.39 Å². The third-order valence-corrected chi connectivity index (χ3v) is 3.30. The second-order valence-corrected chi connectivity index (χ2v) is 4.72. The Balaban J connectivity index is 2.23. The SMILES string of the molecule is Cc1ccc([N+](=O)[O-])cc1NCc1c(F)cccc1Cl. The summed E-state index contributed by atoms with van der Waals surface area (Å²) in [6.07, 6.45) is 0. The molecule has 0 aliphatic carbocycles. The lowest BCUT2D eigenvalue weighted by atomic mass is 10.1. The van der Waals surface area contributed by atoms with E-state index in [-0.39, 0.29) is 12.2 Å². The summed E-state index contributed by atoms with van der Waals surface area (Å²) < 4.78 is 13.6. The minimum atomic E-state index is -0.472. The van der Waals surface area contributed by atoms with Crippen LogP contribution < -0.4 is 5.32 Å². The summed E-state index contributed by atoms with van der Waals surface area (Å²) in [5, 5.41) is 14.0. The van der Waals surface area contributed by atoms with Gasteiger partial charge < -0.3 is 5.32 Å². The van der Waals surface area contributed by atoms with Gasteiger partial charge in [-0.15, -0.1) is 0 Å². The maximum Gasteiger partial charge on any atom is 0.271 e. The predicted octanol–water partition coefficient (Wildman–Crippen LogP) is 4.31. The van der Waals surface area contributed by atoms with Crippen LogP contribution in [0.3, 0.4) is 0 Å². The van der Waals surface area contributed by atoms with Crippen molar-refractivity contribution in [1.82, 2.24) is 0 Å². The normalized spacial score (nSPS) is 10.3. The van der Waals surface area contributed by atoms with Crippen LogP contribution in [0.25, 0.3) is 0 Å². The second kappa shape index (κ2) is 5.88. The van der Waals surface area contributed by atoms with Crippen molar-refractivity contribution in [3.63, 3.8) is 0 Å². The quantitative estimate of drug-likeness (QED) is 0.675. The van der Waals surface area contributed by atoms with Crippen LogP contribution in [0.2, 0.25) is 5.02 Å². The number of hydrogen-bond donors (Lipinski definition) is 1. The van der Waals surface area contributed by atoms with Gasteiger partial charge in [0.2, 0.25) is 0 Å². The first-order valence-electron chi connectivity index (χ1n) is 5.91. The third kappa shape index (κ3) is 3.05. The van der Waals surface area contributed by atoms with E-state index in [0.29, 0.717) is 16.3 Å². The van der Waals surface area contributed by atoms with Crippen LogP contribution in [0.4, 0.5) is 15.8 Å². The molecule has 0 heterocycles. The minimum absolute atomic E-state index is 0.0160. The monoisotopic (exact) mass is 294 g/mol. The molecular formula is C14H12ClFN2O2. The molecule has 6 heteroatoms. The van der Waals surface area contributed by atoms with Crippen LogP contribution in [-0.2, 0) is 6.54 Å². The van der Waals surface area contributed by atoms with E-state index in [4.69, 9.17) is 11.6 Å². The van der Waals surface area contributed by atoms with E-state index < -0.39 is 10.7 Å². The highest BCUT2D eigenvalue weighted by molar-refractivity contribution is 6.31. The summed E-state index contributed by atoms with van der Waals surface area (Å²) in [6, 6.07) is 8.94. The Bertz CT molecular complexity index is 641. The number of non-ortho nitro benzene ring substituents is 1. The fourth-order valence-corrected chi connectivity index (χ4v) is 2.03. The smallest absolute Gasteiger partial charge is 0.271 e. The molecule has 104 valence electrons. The summed E-state index contributed by atoms with van der Waals surface area (Å²) in [7, 11) is 0. The van der Waals surface area contributed by atoms with Gasteiger partial charge in [0.25, 0.3) is 5.69 Å². The predicted molar refractivity (Wildman–Crippen MR) is 76.6 cm³/mol. The lowest BCUT2D eigenvalue weighted by Gasteiger charge is -2.11. The molecule has 0 radical (unpaired) electrons. The Morgan fingerprint density at radius 2 is 2.10 bits per heavy atom. The first-order valence-corrected chi connectivity index (χ1v) is 6.28. The summed E-state index contributed by atoms with van der Waals surface area (Å²) >= 11 is 5.93. The van der Waals surface area contributed by atoms with E-state index in [0.717, 1.165) is 5.56 Å². The van der Waals surface area contributed by atoms with Gasteiger partial charge in [0.1, 0.15) is 5.82 Å². The van der Waals surface area contributed by atoms with E-state index in [1.165, 1.54) is 24.3 Å². The van der Waals surface area contributed by atoms with Crippen molar-refractivity contribution in [1.29, 1.82) is 0 Å². The van der Waals surface area contributed by atoms with Gasteiger partial charge in [-0.05, 0) is 24.6 Å². The molecule has 2 rings (SSSR count). The van der Waals surface area contributed by atoms with Gasteiger partial charge in [-0.1, -0.05) is 23.7 Å². The first-order chi connectivity index (χ1) is 9.49. The van der Waals surface area contributed by atoms with Gasteiger partial charge >= 0.3 is 0 Å². The lowest BCUT2D eigenvalue weighted by molar-refractivity contribution is -0.384. The van der Waals surface area contributed by atoms with Crippen LogP contribution in [0, 0.1) is 22.9 Å². The Morgan fingerprint density at radius 3 is 2.75 bits per heavy atom. The average molecular weight is 295 g/mol. The lowest BCUT2D eigenvalue weighted by Crippen LogP contribution is -2.04. The minimum Gasteiger partial charge on any atom is -0.380 e. The number of halogens is 2. The van der Waals surface area contributed by atoms with E-state index >= 15 is 0 Å². The first kappa shape index (κ1) is 14.3. The summed E-state index contributed by atoms with van der Waals surface area (Å²) in [4.78, 5) is 10.3. The number of benzene rings is 2. The van der Waals surface area contributed by atoms with Gasteiger partial charge in [0.15, 0.2) is 0 Å². The number of nitrogens with zero attached hydrogens (tertiary/aromatic N) is 1. The Hall–Kier alpha value is -2.14. The number of nitro groups is 1. The van der Waals surface area contributed by atoms with E-state index in [1.807, 2.05) is 6.92 Å². The van der Waals surface area contributed by atoms with Crippen molar-refractivity contribution in [2.45, 2.75) is 13.5 Å². The summed E-state index contributed by atoms with van der Waals surface area (Å²) in [5.74, 6) is -0.409. The van der Waals surface area contributed by atoms with Crippen LogP contribution in [0.1, 0.15) is 11.1 Å². The largest absolute Gasteiger partial charge is 0.380 e. The van der Waals surface area contributed by atoms with Crippen molar-refractivity contribution in [2.24, 2.45) is 0 Å². The molecule has 0 amide bonds. The number of hydrogen-bond acceptors (Lipinski definition) is 3. The molecule has 0 spiro atoms. The molecule has 0 atom stereocenters. The summed E-state index contributed by atoms with van der Waals surface area (Å²) in [5.41, 5.74) is 1.74. The fraction of sp³-hybridized carbons (Fsp3) is 0.143. The Morgan fingerprint density at radius 1 is 1.35 bits per heavy atom. The maximum absolute atomic E-state index is 13.6. The molecule has 0 aliphatic rings. The number of aryl methyl sites for hydroxylation is 1. The van der Waals surface area contributed by atoms with Gasteiger partial charge in [-0.3, -0.25) is 10.1 Å². The highest BCUT2D eigenvalue weighted by atomic mass is 35.5. The highest BCUT2D eigenvalue weighted by Gasteiger charge is 2.10. The molecular weight excluding hydrogens is 283 g/mol. The van der Waals surface area contributed by atoms with E-state index in [2.05, 4.69) is 5.32 Å². The Labute approximate surface area is 120 Å². The number of anilines is 1. The molecule has 0 saturated heterocycles. The fourth-order valence-electron chi connectivity index (χ4n) is 1.80. The van der Waals surface area contributed by atoms with Gasteiger partial charge in [0, 0.05) is 35.0 Å². The standard InChI is InChI=1S/C14H12ClFN2O2/c1-9-5-6-10(18(19)20)7-14(9)17-8-11-12(15)3-2-4-13(11)16/h2-7,17H,8H2,1H3. The zero-order valence-corrected chi connectivity index (χ0v) is 11.4. The van der Waals surface area contributed by atoms with Gasteiger partial charge in [-0.2, -0.15) is 0 Å². The topological polar surface area (TPSA) is 55.2 Å². The number of rotatable bonds is 4. The number of nitro benzene ring substituents is 1. The maximum atomic E-state index is 13.6. The third-order valence-electron chi connectivity index (χ3n) is 2.95. The molecule has 0 fully saturated rings. The highest BCUT2D eigenvalue weighted by Crippen LogP contribution is 2.24. The molecule has 4 nitrogen and oxygen atoms in total. The van der Waals surface area contributed by atoms with E-state index in [1.54, 1.807) is 12.1 Å². The molecule has 20 heavy (non-hydrogen) atoms. The molecule has 0 bridgehead atoms. The molecule has 2 aromatic rings. The van der Waals surface area contributed by atoms with Crippen LogP contribution in [-0.4, -0.2) is 4.92 Å². The van der Waals surface area contributed by atoms with Crippen molar-refractivity contribution >= 4 is 23.0 Å². The summed E-state index contributed by atoms with van der Waals surface area (Å²) in [6.45, 7) is 1.97. The molecule has 0 aromatic heterocycles. The number of nitrogens with one attached hydrogen (secondary N) is 1. The zero-order chi connectivity index (χ0) is 14.7. The molecule has 0 unspecified atom stereocenters. The van der Waals surface area contributed by atoms with Crippen molar-refractivity contribution in [3.05, 3.63) is 68.5 Å². The van der Waals surface area contributed by atoms with Gasteiger partial charge in [0.05, 0.1) is 4.92 Å². The van der Waals surface area contributed by atoms with Crippen molar-refractivity contribution < 1.29 is 9.31 Å². The van der Waals surface area contributed by atoms with Crippen molar-refractivity contribution in [2.75, 3.05) is 5.32 Å². The van der Waals surface area contributed by atoms with Crippen LogP contribution in [0.15, 0.2) is 36.4 Å². The molecule has 2 aromatic carbocycles. The second-order valence-electron chi connectivity index (χ2n) is 4.31. The molecule has 0 saturated carbocycles. The molecule has 1 N–H and O–H groups in total.